The van der Waals surface area contributed by atoms with Gasteiger partial charge in [-0.05, 0) is 31.2 Å². The van der Waals surface area contributed by atoms with Gasteiger partial charge in [-0.25, -0.2) is 4.39 Å². The Morgan fingerprint density at radius 1 is 1.41 bits per heavy atom. The van der Waals surface area contributed by atoms with Crippen LogP contribution in [0.2, 0.25) is 5.02 Å². The summed E-state index contributed by atoms with van der Waals surface area (Å²) >= 11 is 5.69. The van der Waals surface area contributed by atoms with Crippen LogP contribution in [0.25, 0.3) is 0 Å². The minimum atomic E-state index is -0.295. The molecule has 0 fully saturated rings. The average Bonchev–Trinajstić information content (AvgIpc) is 2.81. The summed E-state index contributed by atoms with van der Waals surface area (Å²) in [5.41, 5.74) is 0.591. The molecule has 0 aliphatic rings. The third kappa shape index (κ3) is 3.08. The highest BCUT2D eigenvalue weighted by Crippen LogP contribution is 2.17. The van der Waals surface area contributed by atoms with Gasteiger partial charge in [-0.15, -0.1) is 0 Å². The first-order valence-corrected chi connectivity index (χ1v) is 5.75. The summed E-state index contributed by atoms with van der Waals surface area (Å²) in [6, 6.07) is 8.43. The Balaban J connectivity index is 1.98. The van der Waals surface area contributed by atoms with Gasteiger partial charge in [-0.2, -0.15) is 0 Å². The molecule has 0 spiro atoms. The molecule has 2 rings (SSSR count). The second-order valence-electron chi connectivity index (χ2n) is 3.85. The Morgan fingerprint density at radius 3 is 2.88 bits per heavy atom. The van der Waals surface area contributed by atoms with Gasteiger partial charge in [0.2, 0.25) is 0 Å². The van der Waals surface area contributed by atoms with Crippen LogP contribution in [-0.2, 0) is 6.54 Å². The molecule has 1 N–H and O–H groups in total. The van der Waals surface area contributed by atoms with Gasteiger partial charge in [0.05, 0.1) is 12.3 Å². The largest absolute Gasteiger partial charge is 0.468 e. The van der Waals surface area contributed by atoms with E-state index in [1.54, 1.807) is 18.4 Å². The van der Waals surface area contributed by atoms with E-state index < -0.39 is 0 Å². The van der Waals surface area contributed by atoms with Crippen LogP contribution >= 0.6 is 11.6 Å². The number of benzene rings is 1. The first kappa shape index (κ1) is 12.1. The van der Waals surface area contributed by atoms with Crippen molar-refractivity contribution in [3.05, 3.63) is 58.8 Å². The van der Waals surface area contributed by atoms with Crippen molar-refractivity contribution in [2.24, 2.45) is 0 Å². The van der Waals surface area contributed by atoms with Gasteiger partial charge in [0, 0.05) is 17.1 Å². The van der Waals surface area contributed by atoms with Crippen molar-refractivity contribution >= 4 is 11.6 Å². The van der Waals surface area contributed by atoms with Crippen LogP contribution in [0.4, 0.5) is 4.39 Å². The smallest absolute Gasteiger partial charge is 0.129 e. The number of furan rings is 1. The Bertz CT molecular complexity index is 484. The number of halogens is 2. The Morgan fingerprint density at radius 2 is 2.24 bits per heavy atom. The van der Waals surface area contributed by atoms with Crippen molar-refractivity contribution < 1.29 is 8.81 Å². The van der Waals surface area contributed by atoms with Crippen LogP contribution in [0.5, 0.6) is 0 Å². The Kier molecular flexibility index (Phi) is 3.82. The summed E-state index contributed by atoms with van der Waals surface area (Å²) in [5.74, 6) is 0.538. The van der Waals surface area contributed by atoms with Crippen LogP contribution in [0.1, 0.15) is 24.3 Å². The van der Waals surface area contributed by atoms with Crippen LogP contribution in [-0.4, -0.2) is 0 Å². The number of hydrogen-bond donors (Lipinski definition) is 1. The first-order valence-electron chi connectivity index (χ1n) is 5.37. The summed E-state index contributed by atoms with van der Waals surface area (Å²) < 4.78 is 18.8. The molecule has 2 nitrogen and oxygen atoms in total. The Labute approximate surface area is 104 Å². The van der Waals surface area contributed by atoms with E-state index >= 15 is 0 Å². The molecule has 0 aliphatic heterocycles. The molecule has 0 bridgehead atoms. The highest BCUT2D eigenvalue weighted by molar-refractivity contribution is 6.30. The third-order valence-electron chi connectivity index (χ3n) is 2.58. The summed E-state index contributed by atoms with van der Waals surface area (Å²) in [6.45, 7) is 2.40. The second kappa shape index (κ2) is 5.34. The molecule has 0 amide bonds. The lowest BCUT2D eigenvalue weighted by Gasteiger charge is -2.11. The molecular formula is C13H13ClFNO. The summed E-state index contributed by atoms with van der Waals surface area (Å²) in [5, 5.41) is 3.59. The van der Waals surface area contributed by atoms with Crippen molar-refractivity contribution in [1.82, 2.24) is 5.32 Å². The first-order chi connectivity index (χ1) is 8.16. The van der Waals surface area contributed by atoms with E-state index in [9.17, 15) is 4.39 Å². The molecule has 2 aromatic rings. The lowest BCUT2D eigenvalue weighted by molar-refractivity contribution is 0.427. The number of hydrogen-bond acceptors (Lipinski definition) is 2. The fourth-order valence-corrected chi connectivity index (χ4v) is 1.73. The zero-order valence-corrected chi connectivity index (χ0v) is 10.2. The molecule has 90 valence electrons. The van der Waals surface area contributed by atoms with Gasteiger partial charge in [-0.3, -0.25) is 0 Å². The van der Waals surface area contributed by atoms with Gasteiger partial charge >= 0.3 is 0 Å². The van der Waals surface area contributed by atoms with Gasteiger partial charge in [0.25, 0.3) is 0 Å². The molecule has 0 saturated carbocycles. The average molecular weight is 254 g/mol. The molecule has 0 aliphatic carbocycles. The highest BCUT2D eigenvalue weighted by Gasteiger charge is 2.09. The summed E-state index contributed by atoms with van der Waals surface area (Å²) in [6.07, 6.45) is 1.62. The van der Waals surface area contributed by atoms with Gasteiger partial charge in [0.15, 0.2) is 0 Å². The van der Waals surface area contributed by atoms with Gasteiger partial charge in [-0.1, -0.05) is 17.7 Å². The van der Waals surface area contributed by atoms with E-state index in [2.05, 4.69) is 5.32 Å². The zero-order valence-electron chi connectivity index (χ0n) is 9.41. The van der Waals surface area contributed by atoms with Crippen molar-refractivity contribution in [1.29, 1.82) is 0 Å². The standard InChI is InChI=1S/C13H13ClFNO/c1-9(13-3-2-6-17-13)16-8-10-4-5-11(14)7-12(10)15/h2-7,9,16H,8H2,1H3/t9-/m0/s1. The predicted molar refractivity (Wildman–Crippen MR) is 65.4 cm³/mol. The zero-order chi connectivity index (χ0) is 12.3. The lowest BCUT2D eigenvalue weighted by atomic mass is 10.2. The molecular weight excluding hydrogens is 241 g/mol. The van der Waals surface area contributed by atoms with Crippen LogP contribution in [0.3, 0.4) is 0 Å². The molecule has 1 heterocycles. The van der Waals surface area contributed by atoms with E-state index in [0.29, 0.717) is 17.1 Å². The van der Waals surface area contributed by atoms with Crippen LogP contribution in [0.15, 0.2) is 41.0 Å². The van der Waals surface area contributed by atoms with Crippen LogP contribution in [0, 0.1) is 5.82 Å². The molecule has 1 atom stereocenters. The minimum absolute atomic E-state index is 0.0417. The van der Waals surface area contributed by atoms with Crippen LogP contribution < -0.4 is 5.32 Å². The lowest BCUT2D eigenvalue weighted by Crippen LogP contribution is -2.18. The fourth-order valence-electron chi connectivity index (χ4n) is 1.57. The van der Waals surface area contributed by atoms with Crippen molar-refractivity contribution in [3.63, 3.8) is 0 Å². The molecule has 0 radical (unpaired) electrons. The second-order valence-corrected chi connectivity index (χ2v) is 4.29. The number of rotatable bonds is 4. The maximum Gasteiger partial charge on any atom is 0.129 e. The van der Waals surface area contributed by atoms with Gasteiger partial charge in [0.1, 0.15) is 11.6 Å². The van der Waals surface area contributed by atoms with E-state index in [1.807, 2.05) is 19.1 Å². The summed E-state index contributed by atoms with van der Waals surface area (Å²) in [7, 11) is 0. The minimum Gasteiger partial charge on any atom is -0.468 e. The predicted octanol–water partition coefficient (Wildman–Crippen LogP) is 3.92. The maximum atomic E-state index is 13.5. The normalized spacial score (nSPS) is 12.6. The highest BCUT2D eigenvalue weighted by atomic mass is 35.5. The van der Waals surface area contributed by atoms with Crippen molar-refractivity contribution in [2.45, 2.75) is 19.5 Å². The summed E-state index contributed by atoms with van der Waals surface area (Å²) in [4.78, 5) is 0. The fraction of sp³-hybridized carbons (Fsp3) is 0.231. The quantitative estimate of drug-likeness (QED) is 0.893. The SMILES string of the molecule is C[C@H](NCc1ccc(Cl)cc1F)c1ccco1. The number of nitrogens with one attached hydrogen (secondary N) is 1. The van der Waals surface area contributed by atoms with E-state index in [1.165, 1.54) is 6.07 Å². The Hall–Kier alpha value is -1.32. The maximum absolute atomic E-state index is 13.5. The molecule has 1 aromatic carbocycles. The molecule has 17 heavy (non-hydrogen) atoms. The topological polar surface area (TPSA) is 25.2 Å². The molecule has 0 unspecified atom stereocenters. The monoisotopic (exact) mass is 253 g/mol. The van der Waals surface area contributed by atoms with E-state index in [-0.39, 0.29) is 11.9 Å². The molecule has 1 aromatic heterocycles. The van der Waals surface area contributed by atoms with Crippen molar-refractivity contribution in [2.75, 3.05) is 0 Å². The molecule has 0 saturated heterocycles. The van der Waals surface area contributed by atoms with Gasteiger partial charge < -0.3 is 9.73 Å². The van der Waals surface area contributed by atoms with Crippen molar-refractivity contribution in [3.8, 4) is 0 Å². The van der Waals surface area contributed by atoms with E-state index in [0.717, 1.165) is 5.76 Å². The molecule has 4 heteroatoms. The van der Waals surface area contributed by atoms with E-state index in [4.69, 9.17) is 16.0 Å². The third-order valence-corrected chi connectivity index (χ3v) is 2.82.